The van der Waals surface area contributed by atoms with Gasteiger partial charge in [0.2, 0.25) is 0 Å². The quantitative estimate of drug-likeness (QED) is 0.463. The third-order valence-corrected chi connectivity index (χ3v) is 5.87. The first-order valence-electron chi connectivity index (χ1n) is 10.5. The Hall–Kier alpha value is -2.92. The van der Waals surface area contributed by atoms with Crippen molar-refractivity contribution in [2.75, 3.05) is 13.2 Å². The lowest BCUT2D eigenvalue weighted by Gasteiger charge is -2.34. The SMILES string of the molecule is CC1=NC2=C(C(=O)CCC2)[C@H](c2cccc(Cl)c2)C1C(=O)OCCOc1ccccc1. The normalized spacial score (nSPS) is 20.7. The molecule has 31 heavy (non-hydrogen) atoms. The van der Waals surface area contributed by atoms with Gasteiger partial charge in [-0.1, -0.05) is 41.9 Å². The van der Waals surface area contributed by atoms with Gasteiger partial charge >= 0.3 is 5.97 Å². The molecule has 0 saturated carbocycles. The highest BCUT2D eigenvalue weighted by atomic mass is 35.5. The van der Waals surface area contributed by atoms with E-state index in [-0.39, 0.29) is 19.0 Å². The summed E-state index contributed by atoms with van der Waals surface area (Å²) >= 11 is 6.24. The number of hydrogen-bond acceptors (Lipinski definition) is 5. The first kappa shape index (κ1) is 21.3. The van der Waals surface area contributed by atoms with Crippen molar-refractivity contribution in [3.8, 4) is 5.75 Å². The van der Waals surface area contributed by atoms with Crippen LogP contribution in [0.4, 0.5) is 0 Å². The lowest BCUT2D eigenvalue weighted by atomic mass is 9.72. The third-order valence-electron chi connectivity index (χ3n) is 5.64. The van der Waals surface area contributed by atoms with Crippen LogP contribution in [0.2, 0.25) is 5.02 Å². The van der Waals surface area contributed by atoms with Crippen molar-refractivity contribution >= 4 is 29.1 Å². The molecule has 1 aliphatic carbocycles. The summed E-state index contributed by atoms with van der Waals surface area (Å²) in [4.78, 5) is 30.6. The number of aliphatic imine (C=N–C) groups is 1. The molecule has 1 heterocycles. The zero-order valence-corrected chi connectivity index (χ0v) is 18.1. The van der Waals surface area contributed by atoms with Crippen LogP contribution >= 0.6 is 11.6 Å². The van der Waals surface area contributed by atoms with E-state index >= 15 is 0 Å². The molecule has 6 heteroatoms. The fourth-order valence-electron chi connectivity index (χ4n) is 4.28. The minimum absolute atomic E-state index is 0.0488. The van der Waals surface area contributed by atoms with Gasteiger partial charge in [0, 0.05) is 34.3 Å². The number of esters is 1. The monoisotopic (exact) mass is 437 g/mol. The maximum absolute atomic E-state index is 13.1. The van der Waals surface area contributed by atoms with E-state index in [1.807, 2.05) is 55.5 Å². The molecule has 2 aromatic carbocycles. The fourth-order valence-corrected chi connectivity index (χ4v) is 4.48. The van der Waals surface area contributed by atoms with E-state index in [4.69, 9.17) is 21.1 Å². The van der Waals surface area contributed by atoms with Crippen LogP contribution < -0.4 is 4.74 Å². The number of halogens is 1. The second-order valence-corrected chi connectivity index (χ2v) is 8.17. The highest BCUT2D eigenvalue weighted by molar-refractivity contribution is 6.30. The number of hydrogen-bond donors (Lipinski definition) is 0. The molecule has 0 amide bonds. The molecule has 1 aliphatic heterocycles. The Kier molecular flexibility index (Phi) is 6.52. The Morgan fingerprint density at radius 1 is 1.10 bits per heavy atom. The van der Waals surface area contributed by atoms with Gasteiger partial charge in [-0.05, 0) is 49.6 Å². The molecule has 0 aromatic heterocycles. The number of carbonyl (C=O) groups is 2. The van der Waals surface area contributed by atoms with E-state index < -0.39 is 17.8 Å². The van der Waals surface area contributed by atoms with Crippen LogP contribution in [0, 0.1) is 5.92 Å². The average Bonchev–Trinajstić information content (AvgIpc) is 2.76. The van der Waals surface area contributed by atoms with Gasteiger partial charge in [-0.15, -0.1) is 0 Å². The first-order valence-corrected chi connectivity index (χ1v) is 10.8. The number of ketones is 1. The molecule has 2 aliphatic rings. The molecule has 0 saturated heterocycles. The molecule has 0 radical (unpaired) electrons. The highest BCUT2D eigenvalue weighted by Gasteiger charge is 2.43. The van der Waals surface area contributed by atoms with Crippen LogP contribution in [-0.2, 0) is 14.3 Å². The molecule has 0 bridgehead atoms. The summed E-state index contributed by atoms with van der Waals surface area (Å²) < 4.78 is 11.2. The molecular weight excluding hydrogens is 414 g/mol. The van der Waals surface area contributed by atoms with Crippen molar-refractivity contribution in [1.82, 2.24) is 0 Å². The number of nitrogens with zero attached hydrogens (tertiary/aromatic N) is 1. The summed E-state index contributed by atoms with van der Waals surface area (Å²) in [5.41, 5.74) is 2.90. The Labute approximate surface area is 186 Å². The summed E-state index contributed by atoms with van der Waals surface area (Å²) in [7, 11) is 0. The Bertz CT molecular complexity index is 1040. The Balaban J connectivity index is 1.55. The smallest absolute Gasteiger partial charge is 0.315 e. The number of benzene rings is 2. The zero-order chi connectivity index (χ0) is 21.8. The second kappa shape index (κ2) is 9.48. The summed E-state index contributed by atoms with van der Waals surface area (Å²) in [5, 5.41) is 0.562. The molecule has 5 nitrogen and oxygen atoms in total. The van der Waals surface area contributed by atoms with Gasteiger partial charge in [0.25, 0.3) is 0 Å². The lowest BCUT2D eigenvalue weighted by molar-refractivity contribution is -0.147. The van der Waals surface area contributed by atoms with E-state index in [9.17, 15) is 9.59 Å². The number of allylic oxidation sites excluding steroid dienone is 2. The van der Waals surface area contributed by atoms with E-state index in [2.05, 4.69) is 4.99 Å². The van der Waals surface area contributed by atoms with Gasteiger partial charge in [0.05, 0.1) is 0 Å². The molecule has 4 rings (SSSR count). The Morgan fingerprint density at radius 3 is 2.68 bits per heavy atom. The Morgan fingerprint density at radius 2 is 1.90 bits per heavy atom. The van der Waals surface area contributed by atoms with Crippen molar-refractivity contribution < 1.29 is 19.1 Å². The third kappa shape index (κ3) is 4.72. The largest absolute Gasteiger partial charge is 0.490 e. The van der Waals surface area contributed by atoms with Gasteiger partial charge in [-0.3, -0.25) is 14.6 Å². The maximum atomic E-state index is 13.1. The van der Waals surface area contributed by atoms with Gasteiger partial charge in [-0.25, -0.2) is 0 Å². The van der Waals surface area contributed by atoms with Crippen LogP contribution in [0.15, 0.2) is 70.9 Å². The van der Waals surface area contributed by atoms with Crippen molar-refractivity contribution in [3.05, 3.63) is 76.5 Å². The van der Waals surface area contributed by atoms with Crippen molar-refractivity contribution in [3.63, 3.8) is 0 Å². The number of carbonyl (C=O) groups excluding carboxylic acids is 2. The summed E-state index contributed by atoms with van der Waals surface area (Å²) in [5.74, 6) is -0.758. The van der Waals surface area contributed by atoms with Crippen molar-refractivity contribution in [2.45, 2.75) is 32.1 Å². The van der Waals surface area contributed by atoms with Gasteiger partial charge in [0.15, 0.2) is 5.78 Å². The molecular formula is C25H24ClNO4. The summed E-state index contributed by atoms with van der Waals surface area (Å²) in [6.07, 6.45) is 1.99. The van der Waals surface area contributed by atoms with Crippen LogP contribution in [0.5, 0.6) is 5.75 Å². The number of para-hydroxylation sites is 1. The molecule has 160 valence electrons. The summed E-state index contributed by atoms with van der Waals surface area (Å²) in [6, 6.07) is 16.7. The predicted octanol–water partition coefficient (Wildman–Crippen LogP) is 5.14. The van der Waals surface area contributed by atoms with Gasteiger partial charge < -0.3 is 9.47 Å². The number of rotatable bonds is 6. The summed E-state index contributed by atoms with van der Waals surface area (Å²) in [6.45, 7) is 2.18. The molecule has 0 spiro atoms. The molecule has 1 unspecified atom stereocenters. The number of Topliss-reactive ketones (excluding diaryl/α,β-unsaturated/α-hetero) is 1. The van der Waals surface area contributed by atoms with Gasteiger partial charge in [-0.2, -0.15) is 0 Å². The van der Waals surface area contributed by atoms with Crippen molar-refractivity contribution in [2.24, 2.45) is 10.9 Å². The standard InChI is InChI=1S/C25H24ClNO4/c1-16-22(25(29)31-14-13-30-19-9-3-2-4-10-19)23(17-7-5-8-18(26)15-17)24-20(27-16)11-6-12-21(24)28/h2-5,7-10,15,22-23H,6,11-14H2,1H3/t22?,23-/m1/s1. The van der Waals surface area contributed by atoms with Crippen LogP contribution in [0.3, 0.4) is 0 Å². The maximum Gasteiger partial charge on any atom is 0.315 e. The van der Waals surface area contributed by atoms with E-state index in [0.717, 1.165) is 24.1 Å². The average molecular weight is 438 g/mol. The van der Waals surface area contributed by atoms with E-state index in [0.29, 0.717) is 28.5 Å². The van der Waals surface area contributed by atoms with Gasteiger partial charge in [0.1, 0.15) is 24.9 Å². The topological polar surface area (TPSA) is 65.0 Å². The lowest BCUT2D eigenvalue weighted by Crippen LogP contribution is -2.37. The van der Waals surface area contributed by atoms with Crippen LogP contribution in [0.25, 0.3) is 0 Å². The number of ether oxygens (including phenoxy) is 2. The second-order valence-electron chi connectivity index (χ2n) is 7.73. The molecule has 0 fully saturated rings. The minimum atomic E-state index is -0.670. The minimum Gasteiger partial charge on any atom is -0.490 e. The van der Waals surface area contributed by atoms with Crippen LogP contribution in [-0.4, -0.2) is 30.7 Å². The zero-order valence-electron chi connectivity index (χ0n) is 17.3. The van der Waals surface area contributed by atoms with Crippen molar-refractivity contribution in [1.29, 1.82) is 0 Å². The predicted molar refractivity (Wildman–Crippen MR) is 120 cm³/mol. The van der Waals surface area contributed by atoms with E-state index in [1.54, 1.807) is 6.07 Å². The fraction of sp³-hybridized carbons (Fsp3) is 0.320. The first-order chi connectivity index (χ1) is 15.0. The van der Waals surface area contributed by atoms with E-state index in [1.165, 1.54) is 0 Å². The highest BCUT2D eigenvalue weighted by Crippen LogP contribution is 2.43. The molecule has 0 N–H and O–H groups in total. The molecule has 2 aromatic rings. The molecule has 2 atom stereocenters. The van der Waals surface area contributed by atoms with Crippen LogP contribution in [0.1, 0.15) is 37.7 Å².